The first kappa shape index (κ1) is 16.2. The predicted octanol–water partition coefficient (Wildman–Crippen LogP) is 5.85. The van der Waals surface area contributed by atoms with E-state index >= 15 is 0 Å². The number of halogens is 2. The van der Waals surface area contributed by atoms with Gasteiger partial charge in [0, 0.05) is 5.56 Å². The lowest BCUT2D eigenvalue weighted by Crippen LogP contribution is -2.22. The van der Waals surface area contributed by atoms with Gasteiger partial charge in [0.05, 0.1) is 0 Å². The van der Waals surface area contributed by atoms with Gasteiger partial charge in [-0.05, 0) is 80.4 Å². The maximum atomic E-state index is 14.0. The highest BCUT2D eigenvalue weighted by atomic mass is 19.2. The first-order chi connectivity index (χ1) is 11.1. The van der Waals surface area contributed by atoms with Crippen LogP contribution in [0.25, 0.3) is 5.57 Å². The number of phenolic OH excluding ortho intramolecular Hbond substituents is 1. The van der Waals surface area contributed by atoms with Crippen molar-refractivity contribution in [1.29, 1.82) is 0 Å². The molecule has 0 spiro atoms. The minimum atomic E-state index is -1.15. The molecule has 124 valence electrons. The Morgan fingerprint density at radius 2 is 1.74 bits per heavy atom. The third kappa shape index (κ3) is 3.34. The summed E-state index contributed by atoms with van der Waals surface area (Å²) in [7, 11) is 0. The second kappa shape index (κ2) is 6.86. The molecule has 23 heavy (non-hydrogen) atoms. The monoisotopic (exact) mass is 318 g/mol. The SMILES string of the molecule is C=CC1CCC(C2CC=C(c3ccc(O)c(F)c3F)CC2)CC1. The number of rotatable bonds is 3. The Hall–Kier alpha value is -1.64. The second-order valence-electron chi connectivity index (χ2n) is 6.93. The van der Waals surface area contributed by atoms with Crippen LogP contribution in [0.15, 0.2) is 30.9 Å². The number of hydrogen-bond acceptors (Lipinski definition) is 1. The van der Waals surface area contributed by atoms with Gasteiger partial charge >= 0.3 is 0 Å². The van der Waals surface area contributed by atoms with Gasteiger partial charge in [0.15, 0.2) is 11.6 Å². The van der Waals surface area contributed by atoms with E-state index < -0.39 is 17.4 Å². The van der Waals surface area contributed by atoms with Crippen LogP contribution in [0.2, 0.25) is 0 Å². The molecule has 0 heterocycles. The van der Waals surface area contributed by atoms with E-state index in [1.165, 1.54) is 37.8 Å². The van der Waals surface area contributed by atoms with Gasteiger partial charge in [0.2, 0.25) is 5.82 Å². The van der Waals surface area contributed by atoms with Gasteiger partial charge in [-0.15, -0.1) is 6.58 Å². The lowest BCUT2D eigenvalue weighted by atomic mass is 9.71. The zero-order valence-corrected chi connectivity index (χ0v) is 13.4. The van der Waals surface area contributed by atoms with E-state index in [1.807, 2.05) is 0 Å². The van der Waals surface area contributed by atoms with Gasteiger partial charge in [0.1, 0.15) is 0 Å². The van der Waals surface area contributed by atoms with Crippen LogP contribution >= 0.6 is 0 Å². The van der Waals surface area contributed by atoms with Crippen LogP contribution in [0, 0.1) is 29.4 Å². The Bertz CT molecular complexity index is 612. The van der Waals surface area contributed by atoms with E-state index in [4.69, 9.17) is 0 Å². The summed E-state index contributed by atoms with van der Waals surface area (Å²) in [4.78, 5) is 0. The highest BCUT2D eigenvalue weighted by Crippen LogP contribution is 2.42. The van der Waals surface area contributed by atoms with Gasteiger partial charge in [-0.1, -0.05) is 12.2 Å². The first-order valence-corrected chi connectivity index (χ1v) is 8.59. The van der Waals surface area contributed by atoms with Crippen molar-refractivity contribution in [2.45, 2.75) is 44.9 Å². The molecule has 2 aliphatic carbocycles. The normalized spacial score (nSPS) is 28.3. The average molecular weight is 318 g/mol. The Morgan fingerprint density at radius 3 is 2.35 bits per heavy atom. The van der Waals surface area contributed by atoms with Crippen LogP contribution in [-0.2, 0) is 0 Å². The summed E-state index contributed by atoms with van der Waals surface area (Å²) >= 11 is 0. The van der Waals surface area contributed by atoms with Crippen molar-refractivity contribution >= 4 is 5.57 Å². The van der Waals surface area contributed by atoms with Gasteiger partial charge < -0.3 is 5.11 Å². The Balaban J connectivity index is 1.67. The summed E-state index contributed by atoms with van der Waals surface area (Å²) in [6, 6.07) is 2.71. The molecule has 1 unspecified atom stereocenters. The topological polar surface area (TPSA) is 20.2 Å². The summed E-state index contributed by atoms with van der Waals surface area (Å²) in [5, 5.41) is 9.24. The summed E-state index contributed by atoms with van der Waals surface area (Å²) in [6.45, 7) is 3.89. The molecule has 3 rings (SSSR count). The molecule has 1 atom stereocenters. The molecular weight excluding hydrogens is 294 g/mol. The Kier molecular flexibility index (Phi) is 4.84. The summed E-state index contributed by atoms with van der Waals surface area (Å²) in [5.74, 6) is -0.607. The van der Waals surface area contributed by atoms with Crippen LogP contribution < -0.4 is 0 Å². The zero-order chi connectivity index (χ0) is 16.4. The molecule has 1 N–H and O–H groups in total. The zero-order valence-electron chi connectivity index (χ0n) is 13.4. The molecule has 0 saturated heterocycles. The molecule has 0 amide bonds. The molecule has 3 heteroatoms. The quantitative estimate of drug-likeness (QED) is 0.693. The maximum absolute atomic E-state index is 14.0. The molecule has 1 nitrogen and oxygen atoms in total. The number of benzene rings is 1. The minimum Gasteiger partial charge on any atom is -0.505 e. The van der Waals surface area contributed by atoms with Crippen molar-refractivity contribution in [3.63, 3.8) is 0 Å². The van der Waals surface area contributed by atoms with E-state index in [1.54, 1.807) is 0 Å². The van der Waals surface area contributed by atoms with Gasteiger partial charge in [-0.2, -0.15) is 4.39 Å². The molecule has 0 aromatic heterocycles. The second-order valence-corrected chi connectivity index (χ2v) is 6.93. The lowest BCUT2D eigenvalue weighted by Gasteiger charge is -2.34. The fraction of sp³-hybridized carbons (Fsp3) is 0.500. The highest BCUT2D eigenvalue weighted by Gasteiger charge is 2.28. The van der Waals surface area contributed by atoms with Crippen LogP contribution in [0.3, 0.4) is 0 Å². The number of allylic oxidation sites excluding steroid dienone is 3. The molecule has 2 aliphatic rings. The first-order valence-electron chi connectivity index (χ1n) is 8.59. The molecule has 0 bridgehead atoms. The van der Waals surface area contributed by atoms with Crippen molar-refractivity contribution in [1.82, 2.24) is 0 Å². The highest BCUT2D eigenvalue weighted by molar-refractivity contribution is 5.67. The standard InChI is InChI=1S/C20H24F2O/c1-2-13-3-5-14(6-4-13)15-7-9-16(10-8-15)17-11-12-18(23)20(22)19(17)21/h2,9,11-15,23H,1,3-8,10H2. The predicted molar refractivity (Wildman–Crippen MR) is 89.0 cm³/mol. The van der Waals surface area contributed by atoms with Crippen molar-refractivity contribution in [3.05, 3.63) is 48.1 Å². The summed E-state index contributed by atoms with van der Waals surface area (Å²) in [6.07, 6.45) is 11.9. The molecule has 0 radical (unpaired) electrons. The van der Waals surface area contributed by atoms with E-state index in [0.29, 0.717) is 17.4 Å². The third-order valence-electron chi connectivity index (χ3n) is 5.68. The van der Waals surface area contributed by atoms with Crippen LogP contribution in [0.1, 0.15) is 50.5 Å². The van der Waals surface area contributed by atoms with Gasteiger partial charge in [0.25, 0.3) is 0 Å². The molecule has 0 aliphatic heterocycles. The van der Waals surface area contributed by atoms with Crippen molar-refractivity contribution in [2.24, 2.45) is 17.8 Å². The van der Waals surface area contributed by atoms with E-state index in [2.05, 4.69) is 18.7 Å². The van der Waals surface area contributed by atoms with Crippen LogP contribution in [-0.4, -0.2) is 5.11 Å². The van der Waals surface area contributed by atoms with E-state index in [9.17, 15) is 13.9 Å². The third-order valence-corrected chi connectivity index (χ3v) is 5.68. The molecule has 1 aromatic carbocycles. The maximum Gasteiger partial charge on any atom is 0.200 e. The number of hydrogen-bond donors (Lipinski definition) is 1. The van der Waals surface area contributed by atoms with E-state index in [-0.39, 0.29) is 0 Å². The number of phenols is 1. The smallest absolute Gasteiger partial charge is 0.200 e. The van der Waals surface area contributed by atoms with Crippen molar-refractivity contribution in [3.8, 4) is 5.75 Å². The average Bonchev–Trinajstić information content (AvgIpc) is 2.60. The summed E-state index contributed by atoms with van der Waals surface area (Å²) < 4.78 is 27.5. The minimum absolute atomic E-state index is 0.300. The summed E-state index contributed by atoms with van der Waals surface area (Å²) in [5.41, 5.74) is 1.17. The van der Waals surface area contributed by atoms with Gasteiger partial charge in [-0.25, -0.2) is 4.39 Å². The van der Waals surface area contributed by atoms with E-state index in [0.717, 1.165) is 30.8 Å². The Morgan fingerprint density at radius 1 is 1.00 bits per heavy atom. The van der Waals surface area contributed by atoms with Crippen LogP contribution in [0.4, 0.5) is 8.78 Å². The van der Waals surface area contributed by atoms with Crippen LogP contribution in [0.5, 0.6) is 5.75 Å². The molecular formula is C20H24F2O. The molecule has 1 saturated carbocycles. The van der Waals surface area contributed by atoms with Crippen molar-refractivity contribution in [2.75, 3.05) is 0 Å². The largest absolute Gasteiger partial charge is 0.505 e. The fourth-order valence-electron chi connectivity index (χ4n) is 4.17. The molecule has 1 fully saturated rings. The van der Waals surface area contributed by atoms with Gasteiger partial charge in [-0.3, -0.25) is 0 Å². The lowest BCUT2D eigenvalue weighted by molar-refractivity contribution is 0.212. The fourth-order valence-corrected chi connectivity index (χ4v) is 4.17. The van der Waals surface area contributed by atoms with Crippen molar-refractivity contribution < 1.29 is 13.9 Å². The number of aromatic hydroxyl groups is 1. The molecule has 1 aromatic rings. The Labute approximate surface area is 136 Å².